The van der Waals surface area contributed by atoms with E-state index in [4.69, 9.17) is 9.79 Å². The molecule has 0 amide bonds. The van der Waals surface area contributed by atoms with Crippen molar-refractivity contribution in [2.45, 2.75) is 18.9 Å². The Kier molecular flexibility index (Phi) is 5.38. The molecule has 0 saturated carbocycles. The third kappa shape index (κ3) is 5.33. The first-order chi connectivity index (χ1) is 10.7. The maximum absolute atomic E-state index is 11.1. The van der Waals surface area contributed by atoms with E-state index in [-0.39, 0.29) is 17.2 Å². The van der Waals surface area contributed by atoms with Crippen LogP contribution in [0.4, 0.5) is 0 Å². The van der Waals surface area contributed by atoms with Crippen LogP contribution in [0.1, 0.15) is 12.0 Å². The molecule has 2 rings (SSSR count). The van der Waals surface area contributed by atoms with Gasteiger partial charge in [-0.2, -0.15) is 4.76 Å². The predicted octanol–water partition coefficient (Wildman–Crippen LogP) is 1.85. The van der Waals surface area contributed by atoms with Crippen molar-refractivity contribution in [3.63, 3.8) is 0 Å². The number of phenolic OH excluding ortho intramolecular Hbond substituents is 1. The van der Waals surface area contributed by atoms with E-state index >= 15 is 0 Å². The van der Waals surface area contributed by atoms with Crippen LogP contribution in [0.25, 0.3) is 0 Å². The molecule has 0 radical (unpaired) electrons. The van der Waals surface area contributed by atoms with E-state index < -0.39 is 19.8 Å². The summed E-state index contributed by atoms with van der Waals surface area (Å²) in [5.41, 5.74) is 0.762. The van der Waals surface area contributed by atoms with E-state index in [0.29, 0.717) is 12.8 Å². The Labute approximate surface area is 133 Å². The van der Waals surface area contributed by atoms with E-state index in [0.717, 1.165) is 11.6 Å². The van der Waals surface area contributed by atoms with Crippen LogP contribution in [0.3, 0.4) is 0 Å². The topological polar surface area (TPSA) is 131 Å². The minimum atomic E-state index is -4.67. The number of aliphatic hydroxyl groups is 2. The average molecular weight is 339 g/mol. The van der Waals surface area contributed by atoms with Crippen molar-refractivity contribution in [3.05, 3.63) is 53.8 Å². The monoisotopic (exact) mass is 339 g/mol. The van der Waals surface area contributed by atoms with Crippen molar-refractivity contribution in [2.75, 3.05) is 0 Å². The van der Waals surface area contributed by atoms with Crippen molar-refractivity contribution >= 4 is 13.5 Å². The van der Waals surface area contributed by atoms with Gasteiger partial charge in [-0.15, -0.1) is 0 Å². The second-order valence-electron chi connectivity index (χ2n) is 5.27. The molecule has 0 aliphatic heterocycles. The molecule has 1 aliphatic rings. The molecule has 0 heterocycles. The number of aromatic hydroxyl groups is 1. The summed E-state index contributed by atoms with van der Waals surface area (Å²) in [5.74, 6) is -0.782. The van der Waals surface area contributed by atoms with Gasteiger partial charge in [0.15, 0.2) is 0 Å². The van der Waals surface area contributed by atoms with Gasteiger partial charge >= 0.3 is 7.75 Å². The molecule has 7 nitrogen and oxygen atoms in total. The maximum atomic E-state index is 11.1. The summed E-state index contributed by atoms with van der Waals surface area (Å²) in [6, 6.07) is 6.63. The molecule has 124 valence electrons. The zero-order valence-corrected chi connectivity index (χ0v) is 13.0. The summed E-state index contributed by atoms with van der Waals surface area (Å²) in [4.78, 5) is 17.9. The van der Waals surface area contributed by atoms with Gasteiger partial charge in [-0.3, -0.25) is 0 Å². The Morgan fingerprint density at radius 1 is 1.26 bits per heavy atom. The van der Waals surface area contributed by atoms with Crippen molar-refractivity contribution < 1.29 is 29.7 Å². The summed E-state index contributed by atoms with van der Waals surface area (Å²) in [7, 11) is -4.67. The fourth-order valence-corrected chi connectivity index (χ4v) is 2.87. The van der Waals surface area contributed by atoms with E-state index in [1.165, 1.54) is 12.2 Å². The Hall–Kier alpha value is -1.92. The summed E-state index contributed by atoms with van der Waals surface area (Å²) in [6.07, 6.45) is 3.76. The number of aryl methyl sites for hydroxylation is 1. The molecule has 0 aromatic heterocycles. The molecular weight excluding hydrogens is 321 g/mol. The van der Waals surface area contributed by atoms with Gasteiger partial charge < -0.3 is 25.1 Å². The Bertz CT molecular complexity index is 706. The summed E-state index contributed by atoms with van der Waals surface area (Å²) < 4.78 is 14.3. The van der Waals surface area contributed by atoms with Crippen LogP contribution in [0, 0.1) is 5.92 Å². The van der Waals surface area contributed by atoms with E-state index in [1.54, 1.807) is 24.3 Å². The minimum absolute atomic E-state index is 0.0678. The number of phenols is 1. The zero-order chi connectivity index (χ0) is 17.0. The van der Waals surface area contributed by atoms with Gasteiger partial charge in [0.25, 0.3) is 0 Å². The molecule has 5 N–H and O–H groups in total. The number of rotatable bonds is 5. The molecule has 1 aromatic rings. The lowest BCUT2D eigenvalue weighted by molar-refractivity contribution is 0.146. The standard InChI is InChI=1S/C15H18NO6P/c17-11-3-1-2-10(8-11)4-7-15(19)13-6-5-12(18)9-14(13)16-23(20,21)22/h1-3,5-6,8-9,13,15,17-19H,4,7H2,(H2,20,21,22). The van der Waals surface area contributed by atoms with Crippen molar-refractivity contribution in [1.29, 1.82) is 0 Å². The molecule has 1 aromatic carbocycles. The van der Waals surface area contributed by atoms with Gasteiger partial charge in [0.1, 0.15) is 11.5 Å². The molecule has 0 fully saturated rings. The number of hydrogen-bond acceptors (Lipinski definition) is 4. The Morgan fingerprint density at radius 2 is 2.00 bits per heavy atom. The van der Waals surface area contributed by atoms with Crippen LogP contribution in [0.2, 0.25) is 0 Å². The second kappa shape index (κ2) is 7.10. The van der Waals surface area contributed by atoms with Gasteiger partial charge in [0, 0.05) is 12.0 Å². The first kappa shape index (κ1) is 17.4. The minimum Gasteiger partial charge on any atom is -0.508 e. The molecule has 0 saturated heterocycles. The van der Waals surface area contributed by atoms with Gasteiger partial charge in [-0.1, -0.05) is 18.2 Å². The number of benzene rings is 1. The summed E-state index contributed by atoms with van der Waals surface area (Å²) >= 11 is 0. The number of nitrogens with zero attached hydrogens (tertiary/aromatic N) is 1. The van der Waals surface area contributed by atoms with Gasteiger partial charge in [0.05, 0.1) is 11.8 Å². The van der Waals surface area contributed by atoms with Crippen LogP contribution in [-0.4, -0.2) is 36.9 Å². The number of aliphatic hydroxyl groups excluding tert-OH is 2. The van der Waals surface area contributed by atoms with Crippen molar-refractivity contribution in [2.24, 2.45) is 10.7 Å². The number of hydrogen-bond donors (Lipinski definition) is 5. The molecule has 8 heteroatoms. The van der Waals surface area contributed by atoms with Crippen LogP contribution in [0.15, 0.2) is 53.0 Å². The molecule has 23 heavy (non-hydrogen) atoms. The highest BCUT2D eigenvalue weighted by Gasteiger charge is 2.26. The molecule has 0 spiro atoms. The van der Waals surface area contributed by atoms with Crippen LogP contribution in [-0.2, 0) is 11.0 Å². The second-order valence-corrected chi connectivity index (χ2v) is 6.49. The zero-order valence-electron chi connectivity index (χ0n) is 12.1. The SMILES string of the molecule is O=P(O)(O)N=C1C=C(O)C=CC1C(O)CCc1cccc(O)c1. The third-order valence-corrected chi connectivity index (χ3v) is 3.90. The van der Waals surface area contributed by atoms with Crippen LogP contribution >= 0.6 is 7.75 Å². The lowest BCUT2D eigenvalue weighted by atomic mass is 9.89. The van der Waals surface area contributed by atoms with E-state index in [1.807, 2.05) is 0 Å². The quantitative estimate of drug-likeness (QED) is 0.520. The molecule has 2 unspecified atom stereocenters. The predicted molar refractivity (Wildman–Crippen MR) is 85.3 cm³/mol. The highest BCUT2D eigenvalue weighted by atomic mass is 31.2. The van der Waals surface area contributed by atoms with Crippen molar-refractivity contribution in [1.82, 2.24) is 0 Å². The molecule has 2 atom stereocenters. The molecule has 0 bridgehead atoms. The lowest BCUT2D eigenvalue weighted by Gasteiger charge is -2.22. The highest BCUT2D eigenvalue weighted by Crippen LogP contribution is 2.38. The summed E-state index contributed by atoms with van der Waals surface area (Å²) in [5, 5.41) is 29.2. The number of allylic oxidation sites excluding steroid dienone is 2. The van der Waals surface area contributed by atoms with Gasteiger partial charge in [-0.05, 0) is 36.6 Å². The summed E-state index contributed by atoms with van der Waals surface area (Å²) in [6.45, 7) is 0. The maximum Gasteiger partial charge on any atom is 0.448 e. The van der Waals surface area contributed by atoms with Crippen LogP contribution < -0.4 is 0 Å². The van der Waals surface area contributed by atoms with Gasteiger partial charge in [-0.25, -0.2) is 4.57 Å². The Morgan fingerprint density at radius 3 is 2.65 bits per heavy atom. The fourth-order valence-electron chi connectivity index (χ4n) is 2.37. The fraction of sp³-hybridized carbons (Fsp3) is 0.267. The normalized spacial score (nSPS) is 21.3. The lowest BCUT2D eigenvalue weighted by Crippen LogP contribution is -2.28. The van der Waals surface area contributed by atoms with E-state index in [2.05, 4.69) is 4.76 Å². The van der Waals surface area contributed by atoms with E-state index in [9.17, 15) is 19.9 Å². The third-order valence-electron chi connectivity index (χ3n) is 3.41. The van der Waals surface area contributed by atoms with Crippen molar-refractivity contribution in [3.8, 4) is 5.75 Å². The molecule has 1 aliphatic carbocycles. The Balaban J connectivity index is 2.10. The smallest absolute Gasteiger partial charge is 0.448 e. The average Bonchev–Trinajstić information content (AvgIpc) is 2.43. The van der Waals surface area contributed by atoms with Gasteiger partial charge in [0.2, 0.25) is 0 Å². The highest BCUT2D eigenvalue weighted by molar-refractivity contribution is 7.50. The van der Waals surface area contributed by atoms with Crippen LogP contribution in [0.5, 0.6) is 5.75 Å². The first-order valence-corrected chi connectivity index (χ1v) is 8.51. The first-order valence-electron chi connectivity index (χ1n) is 6.95. The largest absolute Gasteiger partial charge is 0.508 e. The molecular formula is C15H18NO6P.